The SMILES string of the molecule is CC(=O)Nc1nc(C(=O)NCCOc2c[c]cc(-c3c[nH]nc3C)c2)cs1. The number of anilines is 1. The third-order valence-corrected chi connectivity index (χ3v) is 4.34. The predicted octanol–water partition coefficient (Wildman–Crippen LogP) is 2.41. The molecular formula is C18H18N5O3S. The first kappa shape index (κ1) is 18.6. The summed E-state index contributed by atoms with van der Waals surface area (Å²) >= 11 is 1.20. The molecule has 3 rings (SSSR count). The van der Waals surface area contributed by atoms with Gasteiger partial charge >= 0.3 is 0 Å². The molecule has 9 heteroatoms. The Bertz CT molecular complexity index is 950. The summed E-state index contributed by atoms with van der Waals surface area (Å²) in [7, 11) is 0. The molecule has 0 unspecified atom stereocenters. The molecule has 2 heterocycles. The molecule has 27 heavy (non-hydrogen) atoms. The van der Waals surface area contributed by atoms with E-state index in [2.05, 4.69) is 31.9 Å². The van der Waals surface area contributed by atoms with Crippen LogP contribution in [0.2, 0.25) is 0 Å². The molecule has 8 nitrogen and oxygen atoms in total. The van der Waals surface area contributed by atoms with Crippen molar-refractivity contribution in [2.45, 2.75) is 13.8 Å². The van der Waals surface area contributed by atoms with Gasteiger partial charge in [0.1, 0.15) is 18.1 Å². The highest BCUT2D eigenvalue weighted by atomic mass is 32.1. The number of carbonyl (C=O) groups excluding carboxylic acids is 2. The number of aromatic nitrogens is 3. The van der Waals surface area contributed by atoms with E-state index in [1.807, 2.05) is 25.3 Å². The smallest absolute Gasteiger partial charge is 0.270 e. The minimum absolute atomic E-state index is 0.227. The summed E-state index contributed by atoms with van der Waals surface area (Å²) in [4.78, 5) is 27.1. The van der Waals surface area contributed by atoms with Gasteiger partial charge in [0.2, 0.25) is 5.91 Å². The quantitative estimate of drug-likeness (QED) is 0.542. The largest absolute Gasteiger partial charge is 0.492 e. The standard InChI is InChI=1S/C18H18N5O3S/c1-11-15(9-20-23-11)13-4-3-5-14(8-13)26-7-6-19-17(25)16-10-27-18(22-16)21-12(2)24/h4-5,8-10H,6-7H2,1-2H3,(H,19,25)(H,20,23)(H,21,22,24). The maximum atomic E-state index is 12.1. The third-order valence-electron chi connectivity index (χ3n) is 3.58. The van der Waals surface area contributed by atoms with E-state index in [4.69, 9.17) is 4.74 Å². The minimum atomic E-state index is -0.319. The maximum absolute atomic E-state index is 12.1. The molecule has 0 bridgehead atoms. The van der Waals surface area contributed by atoms with Crippen molar-refractivity contribution >= 4 is 28.3 Å². The van der Waals surface area contributed by atoms with Crippen LogP contribution >= 0.6 is 11.3 Å². The first-order valence-corrected chi connectivity index (χ1v) is 9.07. The van der Waals surface area contributed by atoms with E-state index in [9.17, 15) is 9.59 Å². The first-order chi connectivity index (χ1) is 13.0. The van der Waals surface area contributed by atoms with Crippen molar-refractivity contribution in [1.82, 2.24) is 20.5 Å². The molecule has 0 aliphatic rings. The number of aryl methyl sites for hydroxylation is 1. The molecule has 0 aliphatic heterocycles. The maximum Gasteiger partial charge on any atom is 0.270 e. The fourth-order valence-electron chi connectivity index (χ4n) is 2.35. The van der Waals surface area contributed by atoms with Crippen LogP contribution in [0.3, 0.4) is 0 Å². The van der Waals surface area contributed by atoms with E-state index in [0.29, 0.717) is 24.0 Å². The van der Waals surface area contributed by atoms with Crippen LogP contribution < -0.4 is 15.4 Å². The number of H-pyrrole nitrogens is 1. The Kier molecular flexibility index (Phi) is 5.82. The zero-order valence-corrected chi connectivity index (χ0v) is 15.6. The zero-order chi connectivity index (χ0) is 19.2. The lowest BCUT2D eigenvalue weighted by atomic mass is 10.1. The summed E-state index contributed by atoms with van der Waals surface area (Å²) in [6.07, 6.45) is 1.82. The average molecular weight is 384 g/mol. The van der Waals surface area contributed by atoms with Crippen molar-refractivity contribution in [1.29, 1.82) is 0 Å². The van der Waals surface area contributed by atoms with Crippen molar-refractivity contribution in [3.63, 3.8) is 0 Å². The van der Waals surface area contributed by atoms with Crippen molar-refractivity contribution in [2.75, 3.05) is 18.5 Å². The van der Waals surface area contributed by atoms with Crippen molar-refractivity contribution in [3.05, 3.63) is 47.2 Å². The lowest BCUT2D eigenvalue weighted by molar-refractivity contribution is -0.114. The molecule has 0 saturated carbocycles. The van der Waals surface area contributed by atoms with Crippen LogP contribution in [-0.2, 0) is 4.79 Å². The van der Waals surface area contributed by atoms with E-state index in [1.165, 1.54) is 18.3 Å². The lowest BCUT2D eigenvalue weighted by Crippen LogP contribution is -2.28. The Morgan fingerprint density at radius 3 is 2.96 bits per heavy atom. The van der Waals surface area contributed by atoms with Crippen LogP contribution in [0.5, 0.6) is 5.75 Å². The number of ether oxygens (including phenoxy) is 1. The Hall–Kier alpha value is -3.20. The van der Waals surface area contributed by atoms with E-state index < -0.39 is 0 Å². The van der Waals surface area contributed by atoms with Gasteiger partial charge in [0, 0.05) is 24.1 Å². The summed E-state index contributed by atoms with van der Waals surface area (Å²) in [5.41, 5.74) is 3.10. The number of rotatable bonds is 7. The Labute approximate surface area is 160 Å². The topological polar surface area (TPSA) is 109 Å². The summed E-state index contributed by atoms with van der Waals surface area (Å²) in [5.74, 6) is 0.110. The molecule has 0 fully saturated rings. The molecule has 3 N–H and O–H groups in total. The van der Waals surface area contributed by atoms with Gasteiger partial charge in [-0.2, -0.15) is 5.10 Å². The van der Waals surface area contributed by atoms with Gasteiger partial charge in [0.25, 0.3) is 5.91 Å². The van der Waals surface area contributed by atoms with Crippen LogP contribution in [0.4, 0.5) is 5.13 Å². The first-order valence-electron chi connectivity index (χ1n) is 8.19. The van der Waals surface area contributed by atoms with Gasteiger partial charge < -0.3 is 15.4 Å². The summed E-state index contributed by atoms with van der Waals surface area (Å²) < 4.78 is 5.68. The normalized spacial score (nSPS) is 10.4. The number of nitrogens with zero attached hydrogens (tertiary/aromatic N) is 2. The van der Waals surface area contributed by atoms with Crippen molar-refractivity contribution in [3.8, 4) is 16.9 Å². The second kappa shape index (κ2) is 8.45. The molecule has 0 atom stereocenters. The molecule has 0 aliphatic carbocycles. The van der Waals surface area contributed by atoms with Gasteiger partial charge in [0.15, 0.2) is 5.13 Å². The number of hydrogen-bond donors (Lipinski definition) is 3. The van der Waals surface area contributed by atoms with Crippen LogP contribution in [-0.4, -0.2) is 40.1 Å². The monoisotopic (exact) mass is 384 g/mol. The summed E-state index contributed by atoms with van der Waals surface area (Å²) in [5, 5.41) is 14.2. The molecule has 1 aromatic carbocycles. The van der Waals surface area contributed by atoms with Gasteiger partial charge in [0.05, 0.1) is 12.2 Å². The number of benzene rings is 1. The number of amides is 2. The molecular weight excluding hydrogens is 366 g/mol. The summed E-state index contributed by atoms with van der Waals surface area (Å²) in [6.45, 7) is 3.93. The fourth-order valence-corrected chi connectivity index (χ4v) is 3.09. The van der Waals surface area contributed by atoms with Gasteiger partial charge in [-0.05, 0) is 36.8 Å². The highest BCUT2D eigenvalue weighted by Gasteiger charge is 2.11. The fraction of sp³-hybridized carbons (Fsp3) is 0.222. The molecule has 0 spiro atoms. The lowest BCUT2D eigenvalue weighted by Gasteiger charge is -2.08. The number of thiazole rings is 1. The highest BCUT2D eigenvalue weighted by molar-refractivity contribution is 7.14. The van der Waals surface area contributed by atoms with Crippen LogP contribution in [0, 0.1) is 13.0 Å². The Morgan fingerprint density at radius 1 is 1.37 bits per heavy atom. The van der Waals surface area contributed by atoms with Gasteiger partial charge in [-0.1, -0.05) is 0 Å². The number of hydrogen-bond acceptors (Lipinski definition) is 6. The second-order valence-electron chi connectivity index (χ2n) is 5.67. The second-order valence-corrected chi connectivity index (χ2v) is 6.52. The molecule has 3 aromatic rings. The van der Waals surface area contributed by atoms with E-state index in [0.717, 1.165) is 16.8 Å². The van der Waals surface area contributed by atoms with Crippen LogP contribution in [0.25, 0.3) is 11.1 Å². The Morgan fingerprint density at radius 2 is 2.22 bits per heavy atom. The van der Waals surface area contributed by atoms with Gasteiger partial charge in [-0.15, -0.1) is 11.3 Å². The van der Waals surface area contributed by atoms with Crippen LogP contribution in [0.15, 0.2) is 29.8 Å². The highest BCUT2D eigenvalue weighted by Crippen LogP contribution is 2.25. The molecule has 2 amide bonds. The van der Waals surface area contributed by atoms with Gasteiger partial charge in [-0.3, -0.25) is 14.7 Å². The zero-order valence-electron chi connectivity index (χ0n) is 14.8. The molecule has 0 saturated heterocycles. The van der Waals surface area contributed by atoms with Gasteiger partial charge in [-0.25, -0.2) is 4.98 Å². The van der Waals surface area contributed by atoms with E-state index in [-0.39, 0.29) is 17.5 Å². The minimum Gasteiger partial charge on any atom is -0.492 e. The average Bonchev–Trinajstić information content (AvgIpc) is 3.27. The number of carbonyl (C=O) groups is 2. The Balaban J connectivity index is 1.49. The van der Waals surface area contributed by atoms with E-state index in [1.54, 1.807) is 11.4 Å². The third kappa shape index (κ3) is 4.91. The molecule has 1 radical (unpaired) electrons. The summed E-state index contributed by atoms with van der Waals surface area (Å²) in [6, 6.07) is 8.54. The molecule has 2 aromatic heterocycles. The van der Waals surface area contributed by atoms with Crippen molar-refractivity contribution in [2.24, 2.45) is 0 Å². The molecule has 139 valence electrons. The number of nitrogens with one attached hydrogen (secondary N) is 3. The van der Waals surface area contributed by atoms with Crippen molar-refractivity contribution < 1.29 is 14.3 Å². The van der Waals surface area contributed by atoms with Crippen LogP contribution in [0.1, 0.15) is 23.1 Å². The van der Waals surface area contributed by atoms with E-state index >= 15 is 0 Å². The number of aromatic amines is 1. The predicted molar refractivity (Wildman–Crippen MR) is 102 cm³/mol.